The summed E-state index contributed by atoms with van der Waals surface area (Å²) in [5, 5.41) is 6.06. The predicted molar refractivity (Wildman–Crippen MR) is 366 cm³/mol. The summed E-state index contributed by atoms with van der Waals surface area (Å²) in [6.07, 6.45) is 0.993. The van der Waals surface area contributed by atoms with Crippen LogP contribution in [-0.4, -0.2) is 58.9 Å². The fourth-order valence-electron chi connectivity index (χ4n) is 11.7. The summed E-state index contributed by atoms with van der Waals surface area (Å²) in [4.78, 5) is 0. The molecule has 16 heteroatoms. The molecule has 8 aromatic carbocycles. The summed E-state index contributed by atoms with van der Waals surface area (Å²) < 4.78 is 96.9. The largest absolute Gasteiger partial charge is 0.416 e. The SMILES string of the molecule is Cc1ccc(P(=O)(CC[Si]2(C)O[Si](C)(CCP(=O)(c3ccc(C)cc3)c3ccc(C)cc3)O[Si](C)(CCP(=O)(c3ccc(C)cc3)c3ccc(C)cc3)O[Si](C)(CCP(=O)(c3ccc(C)cc3)c3ccc(C)cc3)O2)c2ccc(C)cc2)cc1. The maximum Gasteiger partial charge on any atom is 0.317 e. The van der Waals surface area contributed by atoms with Crippen molar-refractivity contribution in [2.75, 3.05) is 24.6 Å². The Morgan fingerprint density at radius 1 is 0.226 bits per heavy atom. The Hall–Kier alpha value is -4.61. The maximum atomic E-state index is 16.3. The lowest BCUT2D eigenvalue weighted by atomic mass is 10.2. The molecule has 0 amide bonds. The highest BCUT2D eigenvalue weighted by Crippen LogP contribution is 2.53. The summed E-state index contributed by atoms with van der Waals surface area (Å²) in [6.45, 7) is 24.6. The zero-order chi connectivity index (χ0) is 60.4. The molecule has 0 aromatic heterocycles. The second kappa shape index (κ2) is 25.6. The van der Waals surface area contributed by atoms with Gasteiger partial charge in [-0.2, -0.15) is 0 Å². The highest BCUT2D eigenvalue weighted by Gasteiger charge is 2.58. The van der Waals surface area contributed by atoms with Gasteiger partial charge in [0.1, 0.15) is 28.6 Å². The van der Waals surface area contributed by atoms with E-state index in [1.165, 1.54) is 0 Å². The Morgan fingerprint density at radius 2 is 0.333 bits per heavy atom. The van der Waals surface area contributed by atoms with Gasteiger partial charge in [-0.1, -0.05) is 239 Å². The zero-order valence-electron chi connectivity index (χ0n) is 51.2. The molecular formula is C68H84O8P4Si4. The van der Waals surface area contributed by atoms with Crippen molar-refractivity contribution in [3.05, 3.63) is 239 Å². The summed E-state index contributed by atoms with van der Waals surface area (Å²) in [5.74, 6) is 0. The molecule has 440 valence electrons. The second-order valence-corrected chi connectivity index (χ2v) is 50.7. The molecule has 1 heterocycles. The monoisotopic (exact) mass is 1260 g/mol. The van der Waals surface area contributed by atoms with Gasteiger partial charge in [-0.15, -0.1) is 0 Å². The van der Waals surface area contributed by atoms with Crippen molar-refractivity contribution in [3.63, 3.8) is 0 Å². The molecule has 1 aliphatic heterocycles. The Balaban J connectivity index is 1.20. The molecule has 0 saturated carbocycles. The summed E-state index contributed by atoms with van der Waals surface area (Å²) in [5.41, 5.74) is 8.58. The molecule has 0 N–H and O–H groups in total. The molecule has 8 aromatic rings. The third-order valence-electron chi connectivity index (χ3n) is 16.9. The Labute approximate surface area is 505 Å². The number of benzene rings is 8. The second-order valence-electron chi connectivity index (χ2n) is 24.5. The van der Waals surface area contributed by atoms with E-state index in [4.69, 9.17) is 16.5 Å². The average molecular weight is 1270 g/mol. The van der Waals surface area contributed by atoms with Crippen molar-refractivity contribution in [2.45, 2.75) is 106 Å². The van der Waals surface area contributed by atoms with Gasteiger partial charge in [-0.05, 0) is 106 Å². The highest BCUT2D eigenvalue weighted by molar-refractivity contribution is 7.80. The van der Waals surface area contributed by atoms with Crippen LogP contribution < -0.4 is 42.4 Å². The first-order chi connectivity index (χ1) is 39.6. The van der Waals surface area contributed by atoms with Gasteiger partial charge in [-0.3, -0.25) is 0 Å². The minimum atomic E-state index is -3.68. The molecule has 1 fully saturated rings. The van der Waals surface area contributed by atoms with Gasteiger partial charge < -0.3 is 34.7 Å². The standard InChI is InChI=1S/C68H84O8P4Si4/c1-53-13-29-61(30-14-53)77(69,62-31-15-54(2)16-32-62)45-49-81(9)73-82(10,50-46-78(70,63-33-17-55(3)18-34-63)64-35-19-56(4)20-36-64)75-84(12,52-48-80(72,67-41-25-59(7)26-42-67)68-43-27-60(8)28-44-68)76-83(11,74-81)51-47-79(71,65-37-21-57(5)22-38-65)66-39-23-58(6)24-40-66/h13-44H,45-52H2,1-12H3. The lowest BCUT2D eigenvalue weighted by molar-refractivity contribution is 0.225. The molecule has 84 heavy (non-hydrogen) atoms. The van der Waals surface area contributed by atoms with Crippen LogP contribution in [0.1, 0.15) is 44.5 Å². The van der Waals surface area contributed by atoms with Crippen LogP contribution in [0.25, 0.3) is 0 Å². The summed E-state index contributed by atoms with van der Waals surface area (Å²) >= 11 is 0. The van der Waals surface area contributed by atoms with E-state index >= 15 is 18.3 Å². The topological polar surface area (TPSA) is 105 Å². The predicted octanol–water partition coefficient (Wildman–Crippen LogP) is 14.9. The van der Waals surface area contributed by atoms with Gasteiger partial charge in [0, 0.05) is 67.1 Å². The molecule has 1 saturated heterocycles. The van der Waals surface area contributed by atoms with Crippen molar-refractivity contribution in [3.8, 4) is 0 Å². The van der Waals surface area contributed by atoms with Crippen LogP contribution in [0.5, 0.6) is 0 Å². The molecule has 0 atom stereocenters. The van der Waals surface area contributed by atoms with Crippen molar-refractivity contribution >= 4 is 105 Å². The van der Waals surface area contributed by atoms with Crippen molar-refractivity contribution in [2.24, 2.45) is 0 Å². The third kappa shape index (κ3) is 14.7. The number of rotatable bonds is 20. The molecule has 0 bridgehead atoms. The van der Waals surface area contributed by atoms with Crippen LogP contribution in [0.2, 0.25) is 50.4 Å². The van der Waals surface area contributed by atoms with Crippen LogP contribution in [-0.2, 0) is 34.7 Å². The van der Waals surface area contributed by atoms with Gasteiger partial charge in [0.2, 0.25) is 0 Å². The van der Waals surface area contributed by atoms with E-state index in [9.17, 15) is 0 Å². The van der Waals surface area contributed by atoms with Gasteiger partial charge in [0.15, 0.2) is 0 Å². The van der Waals surface area contributed by atoms with Crippen LogP contribution >= 0.6 is 28.6 Å². The van der Waals surface area contributed by atoms with Crippen molar-refractivity contribution in [1.82, 2.24) is 0 Å². The Morgan fingerprint density at radius 3 is 0.440 bits per heavy atom. The van der Waals surface area contributed by atoms with E-state index < -0.39 is 62.8 Å². The molecule has 1 aliphatic rings. The van der Waals surface area contributed by atoms with Gasteiger partial charge >= 0.3 is 34.2 Å². The lowest BCUT2D eigenvalue weighted by Crippen LogP contribution is -2.68. The molecule has 0 unspecified atom stereocenters. The van der Waals surface area contributed by atoms with Gasteiger partial charge in [0.05, 0.1) is 0 Å². The fraction of sp³-hybridized carbons (Fsp3) is 0.294. The third-order valence-corrected chi connectivity index (χ3v) is 49.5. The zero-order valence-corrected chi connectivity index (χ0v) is 58.8. The highest BCUT2D eigenvalue weighted by atomic mass is 31.2. The van der Waals surface area contributed by atoms with Crippen LogP contribution in [0, 0.1) is 55.4 Å². The molecule has 0 spiro atoms. The van der Waals surface area contributed by atoms with Crippen LogP contribution in [0.4, 0.5) is 0 Å². The Kier molecular flexibility index (Phi) is 19.5. The quantitative estimate of drug-likeness (QED) is 0.0549. The Bertz CT molecular complexity index is 3060. The minimum absolute atomic E-state index is 0.248. The van der Waals surface area contributed by atoms with Gasteiger partial charge in [-0.25, -0.2) is 0 Å². The smallest absolute Gasteiger partial charge is 0.317 e. The number of hydrogen-bond acceptors (Lipinski definition) is 8. The van der Waals surface area contributed by atoms with Crippen molar-refractivity contribution in [1.29, 1.82) is 0 Å². The minimum Gasteiger partial charge on any atom is -0.416 e. The maximum absolute atomic E-state index is 16.3. The van der Waals surface area contributed by atoms with E-state index in [1.807, 2.05) is 250 Å². The van der Waals surface area contributed by atoms with E-state index in [-0.39, 0.29) is 24.6 Å². The average Bonchev–Trinajstić information content (AvgIpc) is 2.45. The van der Waals surface area contributed by atoms with Crippen molar-refractivity contribution < 1.29 is 34.7 Å². The van der Waals surface area contributed by atoms with E-state index in [1.54, 1.807) is 0 Å². The first kappa shape index (κ1) is 63.9. The molecule has 8 nitrogen and oxygen atoms in total. The molecule has 9 rings (SSSR count). The van der Waals surface area contributed by atoms with Crippen LogP contribution in [0.15, 0.2) is 194 Å². The first-order valence-corrected chi connectivity index (χ1v) is 47.1. The van der Waals surface area contributed by atoms with Crippen LogP contribution in [0.3, 0.4) is 0 Å². The molecule has 0 aliphatic carbocycles. The molecular weight excluding hydrogens is 1180 g/mol. The normalized spacial score (nSPS) is 20.7. The summed E-state index contributed by atoms with van der Waals surface area (Å²) in [6, 6.07) is 65.6. The van der Waals surface area contributed by atoms with Gasteiger partial charge in [0.25, 0.3) is 0 Å². The first-order valence-electron chi connectivity index (χ1n) is 29.4. The summed E-state index contributed by atoms with van der Waals surface area (Å²) in [7, 11) is -28.1. The molecule has 0 radical (unpaired) electrons. The number of aryl methyl sites for hydroxylation is 8. The fourth-order valence-corrected chi connectivity index (χ4v) is 51.6. The number of hydrogen-bond donors (Lipinski definition) is 0. The van der Waals surface area contributed by atoms with E-state index in [0.717, 1.165) is 86.9 Å². The van der Waals surface area contributed by atoms with E-state index in [2.05, 4.69) is 26.2 Å². The lowest BCUT2D eigenvalue weighted by Gasteiger charge is -2.51. The van der Waals surface area contributed by atoms with E-state index in [0.29, 0.717) is 24.2 Å².